The van der Waals surface area contributed by atoms with Crippen LogP contribution in [0.3, 0.4) is 0 Å². The molecule has 2 aliphatic rings. The molecule has 1 N–H and O–H groups in total. The van der Waals surface area contributed by atoms with Crippen molar-refractivity contribution < 1.29 is 4.39 Å². The first-order chi connectivity index (χ1) is 8.70. The molecule has 3 rings (SSSR count). The lowest BCUT2D eigenvalue weighted by atomic mass is 9.97. The number of benzene rings is 1. The quantitative estimate of drug-likeness (QED) is 0.892. The predicted octanol–water partition coefficient (Wildman–Crippen LogP) is 3.76. The summed E-state index contributed by atoms with van der Waals surface area (Å²) >= 11 is 3.30. The number of hydrogen-bond acceptors (Lipinski definition) is 1. The summed E-state index contributed by atoms with van der Waals surface area (Å²) in [6.07, 6.45) is 4.98. The molecule has 18 heavy (non-hydrogen) atoms. The highest BCUT2D eigenvalue weighted by Crippen LogP contribution is 2.59. The second kappa shape index (κ2) is 4.93. The van der Waals surface area contributed by atoms with Gasteiger partial charge in [0, 0.05) is 10.5 Å². The molecule has 0 bridgehead atoms. The molecule has 0 aliphatic heterocycles. The van der Waals surface area contributed by atoms with Crippen molar-refractivity contribution in [3.8, 4) is 0 Å². The molecule has 1 nitrogen and oxygen atoms in total. The summed E-state index contributed by atoms with van der Waals surface area (Å²) in [4.78, 5) is 0. The zero-order valence-corrected chi connectivity index (χ0v) is 12.2. The topological polar surface area (TPSA) is 12.0 Å². The lowest BCUT2D eigenvalue weighted by molar-refractivity contribution is 0.422. The molecule has 1 aromatic rings. The maximum atomic E-state index is 13.9. The van der Waals surface area contributed by atoms with Crippen LogP contribution in [0.25, 0.3) is 0 Å². The molecule has 0 aromatic heterocycles. The molecule has 0 spiro atoms. The second-order valence-corrected chi connectivity index (χ2v) is 6.59. The highest BCUT2D eigenvalue weighted by Gasteiger charge is 2.55. The first kappa shape index (κ1) is 12.6. The SMILES string of the molecule is CNC(Cc1ccc(Br)cc1F)C1C2CCCC21. The number of rotatable bonds is 4. The van der Waals surface area contributed by atoms with Gasteiger partial charge in [0.15, 0.2) is 0 Å². The van der Waals surface area contributed by atoms with Crippen LogP contribution in [0.15, 0.2) is 22.7 Å². The third-order valence-electron chi connectivity index (χ3n) is 4.76. The standard InChI is InChI=1S/C15H19BrFN/c1-18-14(15-11-3-2-4-12(11)15)7-9-5-6-10(16)8-13(9)17/h5-6,8,11-12,14-15,18H,2-4,7H2,1H3. The maximum absolute atomic E-state index is 13.9. The van der Waals surface area contributed by atoms with Gasteiger partial charge < -0.3 is 5.32 Å². The van der Waals surface area contributed by atoms with E-state index in [9.17, 15) is 4.39 Å². The Labute approximate surface area is 116 Å². The van der Waals surface area contributed by atoms with Gasteiger partial charge in [0.2, 0.25) is 0 Å². The first-order valence-electron chi connectivity index (χ1n) is 6.82. The van der Waals surface area contributed by atoms with Gasteiger partial charge in [-0.25, -0.2) is 4.39 Å². The van der Waals surface area contributed by atoms with Gasteiger partial charge in [-0.05, 0) is 61.8 Å². The van der Waals surface area contributed by atoms with Crippen molar-refractivity contribution in [2.75, 3.05) is 7.05 Å². The summed E-state index contributed by atoms with van der Waals surface area (Å²) < 4.78 is 14.7. The van der Waals surface area contributed by atoms with Crippen LogP contribution in [0.1, 0.15) is 24.8 Å². The van der Waals surface area contributed by atoms with Crippen LogP contribution in [0.5, 0.6) is 0 Å². The molecule has 0 heterocycles. The van der Waals surface area contributed by atoms with E-state index in [-0.39, 0.29) is 5.82 Å². The molecule has 2 saturated carbocycles. The minimum atomic E-state index is -0.0876. The average Bonchev–Trinajstić information content (AvgIpc) is 2.82. The van der Waals surface area contributed by atoms with Crippen molar-refractivity contribution >= 4 is 15.9 Å². The van der Waals surface area contributed by atoms with Crippen LogP contribution in [0, 0.1) is 23.6 Å². The predicted molar refractivity (Wildman–Crippen MR) is 75.0 cm³/mol. The van der Waals surface area contributed by atoms with E-state index in [4.69, 9.17) is 0 Å². The first-order valence-corrected chi connectivity index (χ1v) is 7.61. The number of nitrogens with one attached hydrogen (secondary N) is 1. The molecule has 3 heteroatoms. The van der Waals surface area contributed by atoms with Gasteiger partial charge in [-0.1, -0.05) is 28.4 Å². The largest absolute Gasteiger partial charge is 0.316 e. The number of halogens is 2. The summed E-state index contributed by atoms with van der Waals surface area (Å²) in [5.74, 6) is 2.53. The Morgan fingerprint density at radius 3 is 2.72 bits per heavy atom. The summed E-state index contributed by atoms with van der Waals surface area (Å²) in [5, 5.41) is 3.40. The van der Waals surface area contributed by atoms with Crippen molar-refractivity contribution in [3.05, 3.63) is 34.1 Å². The van der Waals surface area contributed by atoms with E-state index >= 15 is 0 Å². The van der Waals surface area contributed by atoms with E-state index in [1.54, 1.807) is 6.07 Å². The Morgan fingerprint density at radius 1 is 1.39 bits per heavy atom. The minimum absolute atomic E-state index is 0.0876. The normalized spacial score (nSPS) is 31.2. The van der Waals surface area contributed by atoms with Crippen molar-refractivity contribution in [3.63, 3.8) is 0 Å². The highest BCUT2D eigenvalue weighted by atomic mass is 79.9. The maximum Gasteiger partial charge on any atom is 0.127 e. The minimum Gasteiger partial charge on any atom is -0.316 e. The van der Waals surface area contributed by atoms with E-state index < -0.39 is 0 Å². The van der Waals surface area contributed by atoms with Gasteiger partial charge in [-0.15, -0.1) is 0 Å². The van der Waals surface area contributed by atoms with Crippen molar-refractivity contribution in [2.45, 2.75) is 31.7 Å². The summed E-state index contributed by atoms with van der Waals surface area (Å²) in [6, 6.07) is 5.84. The highest BCUT2D eigenvalue weighted by molar-refractivity contribution is 9.10. The summed E-state index contributed by atoms with van der Waals surface area (Å²) in [7, 11) is 2.01. The Hall–Kier alpha value is -0.410. The zero-order chi connectivity index (χ0) is 12.7. The zero-order valence-electron chi connectivity index (χ0n) is 10.6. The molecule has 2 aliphatic carbocycles. The molecular formula is C15H19BrFN. The van der Waals surface area contributed by atoms with Gasteiger partial charge in [-0.2, -0.15) is 0 Å². The molecule has 0 amide bonds. The van der Waals surface area contributed by atoms with E-state index in [2.05, 4.69) is 21.2 Å². The fourth-order valence-corrected chi connectivity index (χ4v) is 4.16. The van der Waals surface area contributed by atoms with E-state index in [0.717, 1.165) is 34.2 Å². The van der Waals surface area contributed by atoms with Crippen molar-refractivity contribution in [1.29, 1.82) is 0 Å². The average molecular weight is 312 g/mol. The Kier molecular flexibility index (Phi) is 3.46. The molecule has 2 fully saturated rings. The fraction of sp³-hybridized carbons (Fsp3) is 0.600. The number of fused-ring (bicyclic) bond motifs is 1. The van der Waals surface area contributed by atoms with Crippen LogP contribution < -0.4 is 5.32 Å². The van der Waals surface area contributed by atoms with Crippen LogP contribution >= 0.6 is 15.9 Å². The molecule has 3 unspecified atom stereocenters. The van der Waals surface area contributed by atoms with Crippen LogP contribution in [-0.4, -0.2) is 13.1 Å². The third-order valence-corrected chi connectivity index (χ3v) is 5.26. The Morgan fingerprint density at radius 2 is 2.11 bits per heavy atom. The number of hydrogen-bond donors (Lipinski definition) is 1. The molecule has 98 valence electrons. The Bertz CT molecular complexity index is 438. The number of likely N-dealkylation sites (N-methyl/N-ethyl adjacent to an activating group) is 1. The smallest absolute Gasteiger partial charge is 0.127 e. The summed E-state index contributed by atoms with van der Waals surface area (Å²) in [6.45, 7) is 0. The van der Waals surface area contributed by atoms with Crippen molar-refractivity contribution in [1.82, 2.24) is 5.32 Å². The lowest BCUT2D eigenvalue weighted by Crippen LogP contribution is -2.31. The van der Waals surface area contributed by atoms with E-state index in [1.807, 2.05) is 19.2 Å². The van der Waals surface area contributed by atoms with E-state index in [0.29, 0.717) is 6.04 Å². The Balaban J connectivity index is 1.70. The van der Waals surface area contributed by atoms with Gasteiger partial charge in [-0.3, -0.25) is 0 Å². The van der Waals surface area contributed by atoms with Crippen LogP contribution in [0.4, 0.5) is 4.39 Å². The van der Waals surface area contributed by atoms with Gasteiger partial charge in [0.25, 0.3) is 0 Å². The van der Waals surface area contributed by atoms with E-state index in [1.165, 1.54) is 19.3 Å². The molecule has 0 saturated heterocycles. The van der Waals surface area contributed by atoms with Gasteiger partial charge in [0.05, 0.1) is 0 Å². The monoisotopic (exact) mass is 311 g/mol. The van der Waals surface area contributed by atoms with Crippen LogP contribution in [-0.2, 0) is 6.42 Å². The molecular weight excluding hydrogens is 293 g/mol. The summed E-state index contributed by atoms with van der Waals surface area (Å²) in [5.41, 5.74) is 0.836. The molecule has 3 atom stereocenters. The fourth-order valence-electron chi connectivity index (χ4n) is 3.83. The van der Waals surface area contributed by atoms with Gasteiger partial charge >= 0.3 is 0 Å². The third kappa shape index (κ3) is 2.23. The molecule has 1 aromatic carbocycles. The van der Waals surface area contributed by atoms with Gasteiger partial charge in [0.1, 0.15) is 5.82 Å². The second-order valence-electron chi connectivity index (χ2n) is 5.67. The molecule has 0 radical (unpaired) electrons. The lowest BCUT2D eigenvalue weighted by Gasteiger charge is -2.18. The van der Waals surface area contributed by atoms with Crippen molar-refractivity contribution in [2.24, 2.45) is 17.8 Å². The van der Waals surface area contributed by atoms with Crippen LogP contribution in [0.2, 0.25) is 0 Å².